The smallest absolute Gasteiger partial charge is 0.261 e. The molecule has 104 valence electrons. The molecule has 5 heteroatoms. The van der Waals surface area contributed by atoms with E-state index in [0.29, 0.717) is 17.9 Å². The number of carbonyl (C=O) groups is 1. The second kappa shape index (κ2) is 7.95. The predicted octanol–water partition coefficient (Wildman–Crippen LogP) is 1.56. The average Bonchev–Trinajstić information content (AvgIpc) is 2.72. The van der Waals surface area contributed by atoms with Gasteiger partial charge in [-0.2, -0.15) is 0 Å². The van der Waals surface area contributed by atoms with Crippen LogP contribution in [0.3, 0.4) is 0 Å². The SMILES string of the molecule is COCC(C)NC(=O)c1cc(C)c(C#CCCO)s1. The van der Waals surface area contributed by atoms with Crippen LogP contribution in [0.15, 0.2) is 6.07 Å². The van der Waals surface area contributed by atoms with Crippen molar-refractivity contribution in [2.45, 2.75) is 26.3 Å². The van der Waals surface area contributed by atoms with Crippen molar-refractivity contribution in [1.82, 2.24) is 5.32 Å². The van der Waals surface area contributed by atoms with Gasteiger partial charge in [-0.1, -0.05) is 11.8 Å². The minimum Gasteiger partial charge on any atom is -0.395 e. The zero-order chi connectivity index (χ0) is 14.3. The molecule has 0 aliphatic rings. The summed E-state index contributed by atoms with van der Waals surface area (Å²) in [5.74, 6) is 5.73. The van der Waals surface area contributed by atoms with E-state index >= 15 is 0 Å². The Morgan fingerprint density at radius 1 is 1.63 bits per heavy atom. The number of ether oxygens (including phenoxy) is 1. The molecular formula is C14H19NO3S. The molecule has 0 aromatic carbocycles. The van der Waals surface area contributed by atoms with Crippen molar-refractivity contribution in [2.75, 3.05) is 20.3 Å². The van der Waals surface area contributed by atoms with Crippen molar-refractivity contribution >= 4 is 17.2 Å². The first-order valence-electron chi connectivity index (χ1n) is 6.08. The highest BCUT2D eigenvalue weighted by Crippen LogP contribution is 2.21. The second-order valence-corrected chi connectivity index (χ2v) is 5.28. The number of carbonyl (C=O) groups excluding carboxylic acids is 1. The molecule has 4 nitrogen and oxygen atoms in total. The number of rotatable bonds is 5. The molecule has 19 heavy (non-hydrogen) atoms. The molecule has 2 N–H and O–H groups in total. The highest BCUT2D eigenvalue weighted by molar-refractivity contribution is 7.14. The van der Waals surface area contributed by atoms with E-state index in [9.17, 15) is 4.79 Å². The van der Waals surface area contributed by atoms with Gasteiger partial charge in [0.05, 0.1) is 23.0 Å². The lowest BCUT2D eigenvalue weighted by molar-refractivity contribution is 0.0909. The summed E-state index contributed by atoms with van der Waals surface area (Å²) in [5, 5.41) is 11.5. The fourth-order valence-electron chi connectivity index (χ4n) is 1.50. The van der Waals surface area contributed by atoms with E-state index in [0.717, 1.165) is 10.4 Å². The Kier molecular flexibility index (Phi) is 6.57. The van der Waals surface area contributed by atoms with Crippen LogP contribution < -0.4 is 5.32 Å². The molecular weight excluding hydrogens is 262 g/mol. The standard InChI is InChI=1S/C14H19NO3S/c1-10-8-13(14(17)15-11(2)9-18-3)19-12(10)6-4-5-7-16/h8,11,16H,5,7,9H2,1-3H3,(H,15,17). The maximum atomic E-state index is 12.0. The van der Waals surface area contributed by atoms with Crippen LogP contribution in [0.5, 0.6) is 0 Å². The third-order valence-corrected chi connectivity index (χ3v) is 3.53. The molecule has 1 aromatic rings. The molecule has 0 aliphatic heterocycles. The van der Waals surface area contributed by atoms with Gasteiger partial charge in [-0.15, -0.1) is 11.3 Å². The fourth-order valence-corrected chi connectivity index (χ4v) is 2.45. The van der Waals surface area contributed by atoms with E-state index in [1.807, 2.05) is 19.9 Å². The van der Waals surface area contributed by atoms with Gasteiger partial charge >= 0.3 is 0 Å². The molecule has 0 fully saturated rings. The molecule has 0 radical (unpaired) electrons. The van der Waals surface area contributed by atoms with E-state index in [2.05, 4.69) is 17.2 Å². The Hall–Kier alpha value is -1.35. The van der Waals surface area contributed by atoms with Crippen molar-refractivity contribution in [2.24, 2.45) is 0 Å². The molecule has 1 atom stereocenters. The van der Waals surface area contributed by atoms with Crippen molar-refractivity contribution in [3.8, 4) is 11.8 Å². The van der Waals surface area contributed by atoms with E-state index in [-0.39, 0.29) is 18.6 Å². The van der Waals surface area contributed by atoms with Crippen molar-refractivity contribution in [3.63, 3.8) is 0 Å². The minimum absolute atomic E-state index is 0.0242. The minimum atomic E-state index is -0.104. The van der Waals surface area contributed by atoms with Gasteiger partial charge in [0, 0.05) is 19.6 Å². The molecule has 1 rings (SSSR count). The van der Waals surface area contributed by atoms with Gasteiger partial charge in [0.25, 0.3) is 5.91 Å². The predicted molar refractivity (Wildman–Crippen MR) is 76.4 cm³/mol. The first kappa shape index (κ1) is 15.7. The van der Waals surface area contributed by atoms with Crippen LogP contribution in [0.4, 0.5) is 0 Å². The third-order valence-electron chi connectivity index (χ3n) is 2.37. The summed E-state index contributed by atoms with van der Waals surface area (Å²) in [6, 6.07) is 1.81. The number of hydrogen-bond donors (Lipinski definition) is 2. The number of nitrogens with one attached hydrogen (secondary N) is 1. The molecule has 1 unspecified atom stereocenters. The Labute approximate surface area is 117 Å². The van der Waals surface area contributed by atoms with E-state index < -0.39 is 0 Å². The lowest BCUT2D eigenvalue weighted by Gasteiger charge is -2.11. The average molecular weight is 281 g/mol. The molecule has 0 spiro atoms. The van der Waals surface area contributed by atoms with Gasteiger partial charge in [0.15, 0.2) is 0 Å². The van der Waals surface area contributed by atoms with Crippen molar-refractivity contribution in [1.29, 1.82) is 0 Å². The monoisotopic (exact) mass is 281 g/mol. The first-order valence-corrected chi connectivity index (χ1v) is 6.90. The zero-order valence-electron chi connectivity index (χ0n) is 11.4. The summed E-state index contributed by atoms with van der Waals surface area (Å²) in [6.45, 7) is 4.36. The van der Waals surface area contributed by atoms with Gasteiger partial charge < -0.3 is 15.2 Å². The Morgan fingerprint density at radius 3 is 3.00 bits per heavy atom. The number of thiophene rings is 1. The van der Waals surface area contributed by atoms with E-state index in [4.69, 9.17) is 9.84 Å². The van der Waals surface area contributed by atoms with Crippen LogP contribution in [0.2, 0.25) is 0 Å². The van der Waals surface area contributed by atoms with Crippen molar-refractivity contribution in [3.05, 3.63) is 21.4 Å². The first-order chi connectivity index (χ1) is 9.08. The van der Waals surface area contributed by atoms with Crippen LogP contribution >= 0.6 is 11.3 Å². The zero-order valence-corrected chi connectivity index (χ0v) is 12.3. The highest BCUT2D eigenvalue weighted by Gasteiger charge is 2.13. The topological polar surface area (TPSA) is 58.6 Å². The quantitative estimate of drug-likeness (QED) is 0.805. The van der Waals surface area contributed by atoms with Gasteiger partial charge in [-0.3, -0.25) is 4.79 Å². The van der Waals surface area contributed by atoms with Gasteiger partial charge in [-0.25, -0.2) is 0 Å². The number of hydrogen-bond acceptors (Lipinski definition) is 4. The summed E-state index contributed by atoms with van der Waals surface area (Å²) in [4.78, 5) is 13.5. The number of aryl methyl sites for hydroxylation is 1. The Bertz CT molecular complexity index is 485. The molecule has 1 amide bonds. The van der Waals surface area contributed by atoms with E-state index in [1.54, 1.807) is 7.11 Å². The Morgan fingerprint density at radius 2 is 2.37 bits per heavy atom. The second-order valence-electron chi connectivity index (χ2n) is 4.23. The highest BCUT2D eigenvalue weighted by atomic mass is 32.1. The third kappa shape index (κ3) is 5.03. The number of aliphatic hydroxyl groups is 1. The number of amides is 1. The van der Waals surface area contributed by atoms with Crippen LogP contribution in [-0.4, -0.2) is 37.4 Å². The number of methoxy groups -OCH3 is 1. The van der Waals surface area contributed by atoms with Gasteiger partial charge in [0.1, 0.15) is 0 Å². The van der Waals surface area contributed by atoms with Crippen molar-refractivity contribution < 1.29 is 14.6 Å². The normalized spacial score (nSPS) is 11.6. The fraction of sp³-hybridized carbons (Fsp3) is 0.500. The summed E-state index contributed by atoms with van der Waals surface area (Å²) in [6.07, 6.45) is 0.448. The lowest BCUT2D eigenvalue weighted by atomic mass is 10.2. The molecule has 1 aromatic heterocycles. The molecule has 1 heterocycles. The number of aliphatic hydroxyl groups excluding tert-OH is 1. The van der Waals surface area contributed by atoms with Crippen LogP contribution in [0.1, 0.15) is 33.5 Å². The molecule has 0 saturated carbocycles. The molecule has 0 saturated heterocycles. The van der Waals surface area contributed by atoms with Crippen LogP contribution in [0, 0.1) is 18.8 Å². The van der Waals surface area contributed by atoms with Crippen LogP contribution in [-0.2, 0) is 4.74 Å². The maximum Gasteiger partial charge on any atom is 0.261 e. The molecule has 0 bridgehead atoms. The maximum absolute atomic E-state index is 12.0. The lowest BCUT2D eigenvalue weighted by Crippen LogP contribution is -2.35. The summed E-state index contributed by atoms with van der Waals surface area (Å²) in [7, 11) is 1.60. The van der Waals surface area contributed by atoms with Gasteiger partial charge in [-0.05, 0) is 25.5 Å². The largest absolute Gasteiger partial charge is 0.395 e. The summed E-state index contributed by atoms with van der Waals surface area (Å²) in [5.41, 5.74) is 0.986. The summed E-state index contributed by atoms with van der Waals surface area (Å²) >= 11 is 1.37. The Balaban J connectivity index is 2.72. The van der Waals surface area contributed by atoms with E-state index in [1.165, 1.54) is 11.3 Å². The summed E-state index contributed by atoms with van der Waals surface area (Å²) < 4.78 is 4.98. The molecule has 0 aliphatic carbocycles. The van der Waals surface area contributed by atoms with Crippen LogP contribution in [0.25, 0.3) is 0 Å². The van der Waals surface area contributed by atoms with Gasteiger partial charge in [0.2, 0.25) is 0 Å².